The van der Waals surface area contributed by atoms with E-state index in [9.17, 15) is 14.7 Å². The molecule has 0 aromatic carbocycles. The maximum atomic E-state index is 13.2. The molecule has 2 aliphatic rings. The van der Waals surface area contributed by atoms with E-state index in [0.717, 1.165) is 31.2 Å². The van der Waals surface area contributed by atoms with Crippen LogP contribution in [-0.2, 0) is 20.9 Å². The lowest BCUT2D eigenvalue weighted by Gasteiger charge is -2.56. The van der Waals surface area contributed by atoms with Gasteiger partial charge in [0, 0.05) is 51.5 Å². The number of fused-ring (bicyclic) bond motifs is 1. The highest BCUT2D eigenvalue weighted by atomic mass is 16.5. The fourth-order valence-corrected chi connectivity index (χ4v) is 6.35. The normalized spacial score (nSPS) is 32.5. The van der Waals surface area contributed by atoms with Gasteiger partial charge in [-0.1, -0.05) is 26.8 Å². The van der Waals surface area contributed by atoms with Crippen LogP contribution in [0.25, 0.3) is 0 Å². The van der Waals surface area contributed by atoms with Crippen molar-refractivity contribution in [1.29, 1.82) is 0 Å². The summed E-state index contributed by atoms with van der Waals surface area (Å²) in [4.78, 5) is 31.4. The zero-order valence-electron chi connectivity index (χ0n) is 20.8. The summed E-state index contributed by atoms with van der Waals surface area (Å²) >= 11 is 0. The van der Waals surface area contributed by atoms with Crippen LogP contribution in [-0.4, -0.2) is 59.7 Å². The van der Waals surface area contributed by atoms with Gasteiger partial charge in [-0.25, -0.2) is 0 Å². The Morgan fingerprint density at radius 3 is 2.76 bits per heavy atom. The smallest absolute Gasteiger partial charge is 0.225 e. The average molecular weight is 460 g/mol. The minimum Gasteiger partial charge on any atom is -0.392 e. The van der Waals surface area contributed by atoms with Gasteiger partial charge >= 0.3 is 0 Å². The predicted molar refractivity (Wildman–Crippen MR) is 127 cm³/mol. The summed E-state index contributed by atoms with van der Waals surface area (Å²) in [5.41, 5.74) is 1.03. The Bertz CT molecular complexity index is 804. The Morgan fingerprint density at radius 1 is 1.36 bits per heavy atom. The molecule has 0 aliphatic heterocycles. The van der Waals surface area contributed by atoms with Crippen LogP contribution < -0.4 is 5.32 Å². The topological polar surface area (TPSA) is 91.8 Å². The number of methoxy groups -OCH3 is 1. The molecular weight excluding hydrogens is 418 g/mol. The van der Waals surface area contributed by atoms with Gasteiger partial charge in [-0.15, -0.1) is 0 Å². The first-order valence-corrected chi connectivity index (χ1v) is 12.3. The van der Waals surface area contributed by atoms with Gasteiger partial charge in [-0.05, 0) is 60.5 Å². The average Bonchev–Trinajstić information content (AvgIpc) is 2.79. The van der Waals surface area contributed by atoms with Crippen molar-refractivity contribution in [3.8, 4) is 0 Å². The molecule has 2 fully saturated rings. The third-order valence-electron chi connectivity index (χ3n) is 8.32. The van der Waals surface area contributed by atoms with Crippen LogP contribution in [0.4, 0.5) is 0 Å². The third kappa shape index (κ3) is 5.75. The Kier molecular flexibility index (Phi) is 8.51. The van der Waals surface area contributed by atoms with E-state index in [0.29, 0.717) is 19.6 Å². The fraction of sp³-hybridized carbons (Fsp3) is 0.731. The molecule has 7 heteroatoms. The molecule has 7 atom stereocenters. The molecule has 2 amide bonds. The second-order valence-electron chi connectivity index (χ2n) is 10.5. The van der Waals surface area contributed by atoms with Gasteiger partial charge in [-0.2, -0.15) is 0 Å². The van der Waals surface area contributed by atoms with Gasteiger partial charge in [-0.3, -0.25) is 14.6 Å². The summed E-state index contributed by atoms with van der Waals surface area (Å²) in [6.45, 7) is 7.29. The van der Waals surface area contributed by atoms with E-state index in [-0.39, 0.29) is 46.9 Å². The second-order valence-corrected chi connectivity index (χ2v) is 10.5. The summed E-state index contributed by atoms with van der Waals surface area (Å²) in [7, 11) is 3.41. The molecule has 2 N–H and O–H groups in total. The SMILES string of the molecule is COCCC(=O)N[C@H]1CC[C@@]2(C)CC[C@@H]([C@H](C)C(=O)N(C)Cc3cccnc3)[C@H](O)[C@H]2[C@H]1C. The van der Waals surface area contributed by atoms with Crippen LogP contribution >= 0.6 is 0 Å². The molecule has 0 saturated heterocycles. The standard InChI is InChI=1S/C26H41N3O4/c1-17(25(32)29(4)16-19-7-6-13-27-15-19)20-8-11-26(3)12-9-21(18(2)23(26)24(20)31)28-22(30)10-14-33-5/h6-7,13,15,17-18,20-21,23-24,31H,8-12,14,16H2,1-5H3,(H,28,30)/t17-,18-,20-,21-,23+,24-,26+/m0/s1. The zero-order chi connectivity index (χ0) is 24.2. The van der Waals surface area contributed by atoms with Crippen LogP contribution in [0, 0.1) is 29.1 Å². The summed E-state index contributed by atoms with van der Waals surface area (Å²) in [6.07, 6.45) is 7.03. The van der Waals surface area contributed by atoms with Crippen LogP contribution in [0.15, 0.2) is 24.5 Å². The van der Waals surface area contributed by atoms with E-state index < -0.39 is 6.10 Å². The molecule has 0 bridgehead atoms. The first-order chi connectivity index (χ1) is 15.7. The highest BCUT2D eigenvalue weighted by Gasteiger charge is 2.54. The zero-order valence-corrected chi connectivity index (χ0v) is 20.8. The first kappa shape index (κ1) is 25.6. The molecular formula is C26H41N3O4. The molecule has 2 saturated carbocycles. The van der Waals surface area contributed by atoms with Gasteiger partial charge in [0.15, 0.2) is 0 Å². The monoisotopic (exact) mass is 459 g/mol. The number of ether oxygens (including phenoxy) is 1. The number of nitrogens with zero attached hydrogens (tertiary/aromatic N) is 2. The molecule has 0 spiro atoms. The van der Waals surface area contributed by atoms with Gasteiger partial charge < -0.3 is 20.1 Å². The Labute approximate surface area is 198 Å². The maximum Gasteiger partial charge on any atom is 0.225 e. The molecule has 184 valence electrons. The van der Waals surface area contributed by atoms with Crippen LogP contribution in [0.2, 0.25) is 0 Å². The second kappa shape index (κ2) is 11.0. The molecule has 2 aliphatic carbocycles. The highest BCUT2D eigenvalue weighted by molar-refractivity contribution is 5.78. The van der Waals surface area contributed by atoms with Crippen LogP contribution in [0.1, 0.15) is 58.4 Å². The number of aliphatic hydroxyl groups is 1. The number of pyridine rings is 1. The van der Waals surface area contributed by atoms with E-state index in [1.54, 1.807) is 24.4 Å². The Balaban J connectivity index is 1.68. The largest absolute Gasteiger partial charge is 0.392 e. The summed E-state index contributed by atoms with van der Waals surface area (Å²) in [5.74, 6) is -0.105. The van der Waals surface area contributed by atoms with Crippen molar-refractivity contribution in [3.63, 3.8) is 0 Å². The quantitative estimate of drug-likeness (QED) is 0.624. The van der Waals surface area contributed by atoms with Crippen molar-refractivity contribution in [2.75, 3.05) is 20.8 Å². The highest BCUT2D eigenvalue weighted by Crippen LogP contribution is 2.55. The summed E-state index contributed by atoms with van der Waals surface area (Å²) in [6, 6.07) is 3.88. The molecule has 3 rings (SSSR count). The third-order valence-corrected chi connectivity index (χ3v) is 8.32. The molecule has 7 nitrogen and oxygen atoms in total. The minimum absolute atomic E-state index is 0.000255. The molecule has 1 heterocycles. The number of carbonyl (C=O) groups excluding carboxylic acids is 2. The maximum absolute atomic E-state index is 13.2. The predicted octanol–water partition coefficient (Wildman–Crippen LogP) is 3.02. The van der Waals surface area contributed by atoms with E-state index in [1.165, 1.54) is 0 Å². The van der Waals surface area contributed by atoms with Crippen LogP contribution in [0.5, 0.6) is 0 Å². The summed E-state index contributed by atoms with van der Waals surface area (Å²) in [5, 5.41) is 14.7. The lowest BCUT2D eigenvalue weighted by molar-refractivity contribution is -0.150. The van der Waals surface area contributed by atoms with Crippen LogP contribution in [0.3, 0.4) is 0 Å². The number of amides is 2. The van der Waals surface area contributed by atoms with Gasteiger partial charge in [0.2, 0.25) is 11.8 Å². The Hall–Kier alpha value is -1.99. The first-order valence-electron chi connectivity index (χ1n) is 12.3. The molecule has 0 radical (unpaired) electrons. The number of aliphatic hydroxyl groups excluding tert-OH is 1. The lowest BCUT2D eigenvalue weighted by atomic mass is 9.51. The minimum atomic E-state index is -0.567. The van der Waals surface area contributed by atoms with E-state index in [2.05, 4.69) is 24.1 Å². The number of hydrogen-bond donors (Lipinski definition) is 2. The van der Waals surface area contributed by atoms with Crippen molar-refractivity contribution in [2.45, 2.75) is 71.6 Å². The lowest BCUT2D eigenvalue weighted by Crippen LogP contribution is -2.58. The van der Waals surface area contributed by atoms with Gasteiger partial charge in [0.1, 0.15) is 0 Å². The molecule has 0 unspecified atom stereocenters. The number of carbonyl (C=O) groups is 2. The molecule has 33 heavy (non-hydrogen) atoms. The number of nitrogens with one attached hydrogen (secondary N) is 1. The van der Waals surface area contributed by atoms with Crippen molar-refractivity contribution in [3.05, 3.63) is 30.1 Å². The van der Waals surface area contributed by atoms with Gasteiger partial charge in [0.25, 0.3) is 0 Å². The van der Waals surface area contributed by atoms with Crippen molar-refractivity contribution >= 4 is 11.8 Å². The van der Waals surface area contributed by atoms with E-state index in [1.807, 2.05) is 26.1 Å². The van der Waals surface area contributed by atoms with Crippen molar-refractivity contribution in [1.82, 2.24) is 15.2 Å². The molecule has 1 aromatic heterocycles. The van der Waals surface area contributed by atoms with E-state index in [4.69, 9.17) is 4.74 Å². The van der Waals surface area contributed by atoms with Crippen molar-refractivity contribution in [2.24, 2.45) is 29.1 Å². The number of hydrogen-bond acceptors (Lipinski definition) is 5. The van der Waals surface area contributed by atoms with Gasteiger partial charge in [0.05, 0.1) is 12.7 Å². The Morgan fingerprint density at radius 2 is 2.09 bits per heavy atom. The summed E-state index contributed by atoms with van der Waals surface area (Å²) < 4.78 is 5.03. The fourth-order valence-electron chi connectivity index (χ4n) is 6.35. The number of aromatic nitrogens is 1. The number of rotatable bonds is 8. The van der Waals surface area contributed by atoms with Crippen molar-refractivity contribution < 1.29 is 19.4 Å². The molecule has 1 aromatic rings. The van der Waals surface area contributed by atoms with E-state index >= 15 is 0 Å².